The zero-order chi connectivity index (χ0) is 12.3. The molecular weight excluding hydrogens is 210 g/mol. The fraction of sp³-hybridized carbons (Fsp3) is 0.600. The van der Waals surface area contributed by atoms with Crippen LogP contribution in [-0.2, 0) is 0 Å². The summed E-state index contributed by atoms with van der Waals surface area (Å²) in [5, 5.41) is 3.26. The van der Waals surface area contributed by atoms with Crippen molar-refractivity contribution < 1.29 is 4.74 Å². The second-order valence-corrected chi connectivity index (χ2v) is 5.25. The van der Waals surface area contributed by atoms with Gasteiger partial charge in [-0.15, -0.1) is 0 Å². The Balaban J connectivity index is 1.93. The molecule has 1 aliphatic rings. The molecule has 2 rings (SSSR count). The summed E-state index contributed by atoms with van der Waals surface area (Å²) in [6.07, 6.45) is 4.08. The van der Waals surface area contributed by atoms with E-state index in [1.807, 2.05) is 7.05 Å². The van der Waals surface area contributed by atoms with Gasteiger partial charge >= 0.3 is 0 Å². The van der Waals surface area contributed by atoms with E-state index in [1.54, 1.807) is 0 Å². The van der Waals surface area contributed by atoms with Crippen molar-refractivity contribution in [2.75, 3.05) is 13.6 Å². The Morgan fingerprint density at radius 3 is 2.82 bits per heavy atom. The molecule has 0 spiro atoms. The van der Waals surface area contributed by atoms with Gasteiger partial charge in [-0.3, -0.25) is 0 Å². The minimum Gasteiger partial charge on any atom is -0.490 e. The molecule has 1 aliphatic carbocycles. The number of rotatable bonds is 4. The lowest BCUT2D eigenvalue weighted by molar-refractivity contribution is 0.202. The first-order chi connectivity index (χ1) is 8.19. The van der Waals surface area contributed by atoms with E-state index in [9.17, 15) is 0 Å². The summed E-state index contributed by atoms with van der Waals surface area (Å²) in [6, 6.07) is 6.42. The van der Waals surface area contributed by atoms with Gasteiger partial charge in [0.05, 0.1) is 6.10 Å². The summed E-state index contributed by atoms with van der Waals surface area (Å²) in [6.45, 7) is 5.37. The summed E-state index contributed by atoms with van der Waals surface area (Å²) in [5.41, 5.74) is 2.55. The van der Waals surface area contributed by atoms with Crippen molar-refractivity contribution in [1.82, 2.24) is 5.32 Å². The van der Waals surface area contributed by atoms with Gasteiger partial charge in [0.15, 0.2) is 0 Å². The lowest BCUT2D eigenvalue weighted by atomic mass is 10.1. The molecule has 0 radical (unpaired) electrons. The smallest absolute Gasteiger partial charge is 0.122 e. The molecule has 0 saturated heterocycles. The number of ether oxygens (including phenoxy) is 1. The normalized spacial score (nSPS) is 23.9. The Morgan fingerprint density at radius 2 is 2.12 bits per heavy atom. The highest BCUT2D eigenvalue weighted by Gasteiger charge is 2.25. The zero-order valence-electron chi connectivity index (χ0n) is 11.1. The van der Waals surface area contributed by atoms with E-state index in [4.69, 9.17) is 4.74 Å². The molecule has 0 aliphatic heterocycles. The van der Waals surface area contributed by atoms with Crippen LogP contribution in [0.1, 0.15) is 30.4 Å². The third-order valence-electron chi connectivity index (χ3n) is 3.61. The summed E-state index contributed by atoms with van der Waals surface area (Å²) < 4.78 is 6.11. The second kappa shape index (κ2) is 5.54. The van der Waals surface area contributed by atoms with E-state index in [-0.39, 0.29) is 0 Å². The quantitative estimate of drug-likeness (QED) is 0.863. The van der Waals surface area contributed by atoms with Gasteiger partial charge in [0.1, 0.15) is 5.75 Å². The van der Waals surface area contributed by atoms with E-state index in [2.05, 4.69) is 37.4 Å². The number of benzene rings is 1. The number of aryl methyl sites for hydroxylation is 2. The Hall–Kier alpha value is -1.02. The van der Waals surface area contributed by atoms with Gasteiger partial charge < -0.3 is 10.1 Å². The molecule has 0 heterocycles. The van der Waals surface area contributed by atoms with E-state index in [0.29, 0.717) is 6.10 Å². The Kier molecular flexibility index (Phi) is 4.06. The molecule has 94 valence electrons. The maximum atomic E-state index is 6.11. The first-order valence-electron chi connectivity index (χ1n) is 6.57. The highest BCUT2D eigenvalue weighted by atomic mass is 16.5. The van der Waals surface area contributed by atoms with Crippen LogP contribution in [0.15, 0.2) is 18.2 Å². The van der Waals surface area contributed by atoms with Crippen LogP contribution in [0.5, 0.6) is 5.75 Å². The number of hydrogen-bond donors (Lipinski definition) is 1. The average Bonchev–Trinajstić information content (AvgIpc) is 2.71. The lowest BCUT2D eigenvalue weighted by Crippen LogP contribution is -2.19. The summed E-state index contributed by atoms with van der Waals surface area (Å²) in [4.78, 5) is 0. The maximum Gasteiger partial charge on any atom is 0.122 e. The maximum absolute atomic E-state index is 6.11. The number of nitrogens with one attached hydrogen (secondary N) is 1. The van der Waals surface area contributed by atoms with E-state index < -0.39 is 0 Å². The molecule has 2 heteroatoms. The van der Waals surface area contributed by atoms with Crippen LogP contribution < -0.4 is 10.1 Å². The van der Waals surface area contributed by atoms with Crippen molar-refractivity contribution in [1.29, 1.82) is 0 Å². The van der Waals surface area contributed by atoms with Crippen molar-refractivity contribution in [3.63, 3.8) is 0 Å². The molecule has 0 aromatic heterocycles. The third kappa shape index (κ3) is 3.22. The molecule has 2 unspecified atom stereocenters. The second-order valence-electron chi connectivity index (χ2n) is 5.25. The first-order valence-corrected chi connectivity index (χ1v) is 6.57. The Morgan fingerprint density at radius 1 is 1.29 bits per heavy atom. The summed E-state index contributed by atoms with van der Waals surface area (Å²) in [7, 11) is 2.03. The third-order valence-corrected chi connectivity index (χ3v) is 3.61. The van der Waals surface area contributed by atoms with Crippen molar-refractivity contribution >= 4 is 0 Å². The minimum absolute atomic E-state index is 0.412. The van der Waals surface area contributed by atoms with Crippen molar-refractivity contribution in [3.05, 3.63) is 29.3 Å². The van der Waals surface area contributed by atoms with Gasteiger partial charge in [0, 0.05) is 0 Å². The molecule has 1 N–H and O–H groups in total. The van der Waals surface area contributed by atoms with Crippen LogP contribution >= 0.6 is 0 Å². The Bertz CT molecular complexity index is 375. The monoisotopic (exact) mass is 233 g/mol. The van der Waals surface area contributed by atoms with Gasteiger partial charge in [-0.2, -0.15) is 0 Å². The Labute approximate surface area is 104 Å². The minimum atomic E-state index is 0.412. The molecule has 2 nitrogen and oxygen atoms in total. The molecule has 1 aromatic carbocycles. The van der Waals surface area contributed by atoms with Gasteiger partial charge in [0.2, 0.25) is 0 Å². The molecular formula is C15H23NO. The highest BCUT2D eigenvalue weighted by Crippen LogP contribution is 2.30. The summed E-state index contributed by atoms with van der Waals surface area (Å²) >= 11 is 0. The van der Waals surface area contributed by atoms with Crippen molar-refractivity contribution in [2.45, 2.75) is 39.2 Å². The van der Waals surface area contributed by atoms with Crippen LogP contribution in [0.3, 0.4) is 0 Å². The zero-order valence-corrected chi connectivity index (χ0v) is 11.1. The molecule has 2 atom stereocenters. The predicted octanol–water partition coefficient (Wildman–Crippen LogP) is 3.07. The van der Waals surface area contributed by atoms with Gasteiger partial charge in [-0.1, -0.05) is 17.7 Å². The molecule has 1 aromatic rings. The molecule has 17 heavy (non-hydrogen) atoms. The first kappa shape index (κ1) is 12.4. The van der Waals surface area contributed by atoms with Gasteiger partial charge in [-0.05, 0) is 64.3 Å². The standard InChI is InChI=1S/C15H23NO/c1-11-4-7-15(12(2)8-11)17-14-6-5-13(9-14)10-16-3/h4,7-8,13-14,16H,5-6,9-10H2,1-3H3. The average molecular weight is 233 g/mol. The van der Waals surface area contributed by atoms with Gasteiger partial charge in [0.25, 0.3) is 0 Å². The fourth-order valence-corrected chi connectivity index (χ4v) is 2.72. The van der Waals surface area contributed by atoms with Crippen molar-refractivity contribution in [3.8, 4) is 5.75 Å². The van der Waals surface area contributed by atoms with Gasteiger partial charge in [-0.25, -0.2) is 0 Å². The highest BCUT2D eigenvalue weighted by molar-refractivity contribution is 5.35. The molecule has 1 saturated carbocycles. The molecule has 0 amide bonds. The fourth-order valence-electron chi connectivity index (χ4n) is 2.72. The van der Waals surface area contributed by atoms with E-state index in [1.165, 1.54) is 30.4 Å². The van der Waals surface area contributed by atoms with Crippen LogP contribution in [-0.4, -0.2) is 19.7 Å². The van der Waals surface area contributed by atoms with Crippen molar-refractivity contribution in [2.24, 2.45) is 5.92 Å². The van der Waals surface area contributed by atoms with Crippen LogP contribution in [0, 0.1) is 19.8 Å². The van der Waals surface area contributed by atoms with Crippen LogP contribution in [0.4, 0.5) is 0 Å². The molecule has 1 fully saturated rings. The predicted molar refractivity (Wildman–Crippen MR) is 71.6 cm³/mol. The lowest BCUT2D eigenvalue weighted by Gasteiger charge is -2.16. The van der Waals surface area contributed by atoms with Crippen LogP contribution in [0.25, 0.3) is 0 Å². The summed E-state index contributed by atoms with van der Waals surface area (Å²) in [5.74, 6) is 1.85. The largest absolute Gasteiger partial charge is 0.490 e. The van der Waals surface area contributed by atoms with E-state index in [0.717, 1.165) is 18.2 Å². The topological polar surface area (TPSA) is 21.3 Å². The number of hydrogen-bond acceptors (Lipinski definition) is 2. The van der Waals surface area contributed by atoms with E-state index >= 15 is 0 Å². The molecule has 0 bridgehead atoms. The SMILES string of the molecule is CNCC1CCC(Oc2ccc(C)cc2C)C1. The van der Waals surface area contributed by atoms with Crippen LogP contribution in [0.2, 0.25) is 0 Å².